The second kappa shape index (κ2) is 12.4. The van der Waals surface area contributed by atoms with Crippen molar-refractivity contribution >= 4 is 39.2 Å². The van der Waals surface area contributed by atoms with E-state index in [9.17, 15) is 14.7 Å². The van der Waals surface area contributed by atoms with Crippen LogP contribution in [0, 0.1) is 0 Å². The normalized spacial score (nSPS) is 11.8. The summed E-state index contributed by atoms with van der Waals surface area (Å²) in [5, 5.41) is 18.7. The molecule has 9 heteroatoms. The number of aromatic nitrogens is 1. The van der Waals surface area contributed by atoms with Crippen LogP contribution in [0.15, 0.2) is 94.7 Å². The summed E-state index contributed by atoms with van der Waals surface area (Å²) in [6.07, 6.45) is 0. The first kappa shape index (κ1) is 26.1. The SMILES string of the molecule is O=C(c1ccccc1)c1csc(NCC(C(=O)O)c2ccc(OCCNCc3nc4ccccc4o3)cc2)c1. The standard InChI is InChI=1S/C30H27N3O5S/c34-29(21-6-2-1-3-7-21)22-16-28(39-19-22)32-17-24(30(35)36)20-10-12-23(13-11-20)37-15-14-31-18-27-33-25-8-4-5-9-26(25)38-27/h1-13,16,19,24,31-32H,14-15,17-18H2,(H,35,36). The number of ketones is 1. The Morgan fingerprint density at radius 2 is 1.74 bits per heavy atom. The van der Waals surface area contributed by atoms with Crippen molar-refractivity contribution < 1.29 is 23.8 Å². The number of oxazole rings is 1. The fourth-order valence-corrected chi connectivity index (χ4v) is 4.87. The minimum atomic E-state index is -0.934. The van der Waals surface area contributed by atoms with Crippen LogP contribution in [0.4, 0.5) is 5.00 Å². The first-order valence-electron chi connectivity index (χ1n) is 12.5. The lowest BCUT2D eigenvalue weighted by atomic mass is 9.99. The number of nitrogens with zero attached hydrogens (tertiary/aromatic N) is 1. The van der Waals surface area contributed by atoms with Gasteiger partial charge in [-0.2, -0.15) is 0 Å². The lowest BCUT2D eigenvalue weighted by Crippen LogP contribution is -2.21. The van der Waals surface area contributed by atoms with Crippen molar-refractivity contribution in [3.05, 3.63) is 113 Å². The summed E-state index contributed by atoms with van der Waals surface area (Å²) in [4.78, 5) is 29.0. The smallest absolute Gasteiger partial charge is 0.312 e. The molecule has 39 heavy (non-hydrogen) atoms. The van der Waals surface area contributed by atoms with E-state index >= 15 is 0 Å². The average Bonchev–Trinajstić information content (AvgIpc) is 3.60. The zero-order chi connectivity index (χ0) is 27.0. The third kappa shape index (κ3) is 6.70. The number of aliphatic carboxylic acids is 1. The average molecular weight is 542 g/mol. The van der Waals surface area contributed by atoms with E-state index in [-0.39, 0.29) is 12.3 Å². The van der Waals surface area contributed by atoms with E-state index < -0.39 is 11.9 Å². The van der Waals surface area contributed by atoms with Crippen LogP contribution < -0.4 is 15.4 Å². The molecular weight excluding hydrogens is 514 g/mol. The number of hydrogen-bond acceptors (Lipinski definition) is 8. The molecule has 0 fully saturated rings. The topological polar surface area (TPSA) is 114 Å². The van der Waals surface area contributed by atoms with Crippen molar-refractivity contribution in [3.63, 3.8) is 0 Å². The highest BCUT2D eigenvalue weighted by Crippen LogP contribution is 2.26. The predicted molar refractivity (Wildman–Crippen MR) is 151 cm³/mol. The van der Waals surface area contributed by atoms with Crippen molar-refractivity contribution in [1.29, 1.82) is 0 Å². The molecule has 0 saturated carbocycles. The lowest BCUT2D eigenvalue weighted by Gasteiger charge is -2.14. The van der Waals surface area contributed by atoms with Gasteiger partial charge in [0.1, 0.15) is 17.9 Å². The zero-order valence-corrected chi connectivity index (χ0v) is 21.8. The summed E-state index contributed by atoms with van der Waals surface area (Å²) in [6.45, 7) is 1.72. The quantitative estimate of drug-likeness (QED) is 0.131. The van der Waals surface area contributed by atoms with E-state index in [1.165, 1.54) is 11.3 Å². The predicted octanol–water partition coefficient (Wildman–Crippen LogP) is 5.57. The molecule has 2 heterocycles. The van der Waals surface area contributed by atoms with E-state index in [1.54, 1.807) is 47.8 Å². The largest absolute Gasteiger partial charge is 0.492 e. The first-order chi connectivity index (χ1) is 19.1. The number of carbonyl (C=O) groups excluding carboxylic acids is 1. The molecule has 1 unspecified atom stereocenters. The number of ether oxygens (including phenoxy) is 1. The second-order valence-corrected chi connectivity index (χ2v) is 9.75. The Hall–Kier alpha value is -4.47. The molecule has 198 valence electrons. The van der Waals surface area contributed by atoms with Gasteiger partial charge in [0.05, 0.1) is 17.5 Å². The van der Waals surface area contributed by atoms with E-state index in [2.05, 4.69) is 15.6 Å². The molecule has 0 bridgehead atoms. The van der Waals surface area contributed by atoms with Crippen LogP contribution in [0.1, 0.15) is 33.3 Å². The van der Waals surface area contributed by atoms with Crippen molar-refractivity contribution in [2.45, 2.75) is 12.5 Å². The Balaban J connectivity index is 1.09. The van der Waals surface area contributed by atoms with Gasteiger partial charge in [-0.05, 0) is 35.9 Å². The molecule has 5 rings (SSSR count). The minimum Gasteiger partial charge on any atom is -0.492 e. The van der Waals surface area contributed by atoms with Crippen molar-refractivity contribution in [1.82, 2.24) is 10.3 Å². The van der Waals surface area contributed by atoms with Gasteiger partial charge in [0, 0.05) is 29.6 Å². The summed E-state index contributed by atoms with van der Waals surface area (Å²) >= 11 is 1.38. The Morgan fingerprint density at radius 3 is 2.51 bits per heavy atom. The molecule has 2 aromatic heterocycles. The maximum atomic E-state index is 12.6. The van der Waals surface area contributed by atoms with Gasteiger partial charge in [0.2, 0.25) is 5.89 Å². The Labute approximate surface area is 229 Å². The fraction of sp³-hybridized carbons (Fsp3) is 0.167. The number of thiophene rings is 1. The third-order valence-electron chi connectivity index (χ3n) is 6.12. The van der Waals surface area contributed by atoms with E-state index in [1.807, 2.05) is 42.5 Å². The van der Waals surface area contributed by atoms with Gasteiger partial charge < -0.3 is 24.9 Å². The Kier molecular flexibility index (Phi) is 8.30. The van der Waals surface area contributed by atoms with Gasteiger partial charge in [-0.1, -0.05) is 54.6 Å². The molecule has 8 nitrogen and oxygen atoms in total. The van der Waals surface area contributed by atoms with Crippen LogP contribution in [0.2, 0.25) is 0 Å². The monoisotopic (exact) mass is 541 g/mol. The molecule has 0 saturated heterocycles. The first-order valence-corrected chi connectivity index (χ1v) is 13.4. The molecule has 0 aliphatic heterocycles. The summed E-state index contributed by atoms with van der Waals surface area (Å²) in [7, 11) is 0. The van der Waals surface area contributed by atoms with Crippen LogP contribution in [0.5, 0.6) is 5.75 Å². The maximum absolute atomic E-state index is 12.6. The van der Waals surface area contributed by atoms with Crippen LogP contribution in [-0.4, -0.2) is 41.5 Å². The Bertz CT molecular complexity index is 1510. The highest BCUT2D eigenvalue weighted by Gasteiger charge is 2.20. The summed E-state index contributed by atoms with van der Waals surface area (Å²) < 4.78 is 11.5. The molecule has 3 N–H and O–H groups in total. The number of carboxylic acids is 1. The zero-order valence-electron chi connectivity index (χ0n) is 21.0. The number of hydrogen-bond donors (Lipinski definition) is 3. The number of fused-ring (bicyclic) bond motifs is 1. The van der Waals surface area contributed by atoms with Crippen molar-refractivity contribution in [3.8, 4) is 5.75 Å². The molecule has 0 radical (unpaired) electrons. The summed E-state index contributed by atoms with van der Waals surface area (Å²) in [5.41, 5.74) is 3.45. The van der Waals surface area contributed by atoms with Gasteiger partial charge in [-0.15, -0.1) is 11.3 Å². The molecule has 0 spiro atoms. The van der Waals surface area contributed by atoms with Crippen LogP contribution in [0.25, 0.3) is 11.1 Å². The number of para-hydroxylation sites is 2. The van der Waals surface area contributed by atoms with Gasteiger partial charge >= 0.3 is 5.97 Å². The van der Waals surface area contributed by atoms with Gasteiger partial charge in [0.15, 0.2) is 11.4 Å². The number of rotatable bonds is 13. The van der Waals surface area contributed by atoms with E-state index in [0.29, 0.717) is 48.0 Å². The number of anilines is 1. The number of nitrogens with one attached hydrogen (secondary N) is 2. The lowest BCUT2D eigenvalue weighted by molar-refractivity contribution is -0.138. The van der Waals surface area contributed by atoms with Crippen LogP contribution in [-0.2, 0) is 11.3 Å². The fourth-order valence-electron chi connectivity index (χ4n) is 4.08. The third-order valence-corrected chi connectivity index (χ3v) is 7.01. The highest BCUT2D eigenvalue weighted by molar-refractivity contribution is 7.14. The molecule has 0 amide bonds. The number of carbonyl (C=O) groups is 2. The summed E-state index contributed by atoms with van der Waals surface area (Å²) in [6, 6.07) is 25.5. The molecule has 3 aromatic carbocycles. The van der Waals surface area contributed by atoms with Gasteiger partial charge in [-0.25, -0.2) is 4.98 Å². The van der Waals surface area contributed by atoms with E-state index in [0.717, 1.165) is 16.1 Å². The van der Waals surface area contributed by atoms with Gasteiger partial charge in [-0.3, -0.25) is 9.59 Å². The highest BCUT2D eigenvalue weighted by atomic mass is 32.1. The number of benzene rings is 3. The molecular formula is C30H27N3O5S. The summed E-state index contributed by atoms with van der Waals surface area (Å²) in [5.74, 6) is -0.479. The van der Waals surface area contributed by atoms with Crippen molar-refractivity contribution in [2.75, 3.05) is 25.0 Å². The van der Waals surface area contributed by atoms with Crippen LogP contribution in [0.3, 0.4) is 0 Å². The number of carboxylic acid groups (broad SMARTS) is 1. The maximum Gasteiger partial charge on any atom is 0.312 e. The van der Waals surface area contributed by atoms with E-state index in [4.69, 9.17) is 9.15 Å². The second-order valence-electron chi connectivity index (χ2n) is 8.84. The Morgan fingerprint density at radius 1 is 0.974 bits per heavy atom. The van der Waals surface area contributed by atoms with Crippen LogP contribution >= 0.6 is 11.3 Å². The molecule has 5 aromatic rings. The van der Waals surface area contributed by atoms with Crippen molar-refractivity contribution in [2.24, 2.45) is 0 Å². The molecule has 1 atom stereocenters. The van der Waals surface area contributed by atoms with Gasteiger partial charge in [0.25, 0.3) is 0 Å². The molecule has 0 aliphatic carbocycles. The minimum absolute atomic E-state index is 0.0633. The molecule has 0 aliphatic rings.